The molecule has 0 heterocycles. The van der Waals surface area contributed by atoms with E-state index >= 15 is 0 Å². The van der Waals surface area contributed by atoms with Gasteiger partial charge in [-0.1, -0.05) is 17.7 Å². The molecule has 0 aliphatic heterocycles. The Hall–Kier alpha value is -3.30. The van der Waals surface area contributed by atoms with E-state index in [4.69, 9.17) is 21.1 Å². The molecule has 0 saturated heterocycles. The summed E-state index contributed by atoms with van der Waals surface area (Å²) in [5, 5.41) is 3.20. The van der Waals surface area contributed by atoms with Crippen LogP contribution in [0.2, 0.25) is 5.02 Å². The van der Waals surface area contributed by atoms with Crippen molar-refractivity contribution in [2.75, 3.05) is 31.1 Å². The van der Waals surface area contributed by atoms with Crippen molar-refractivity contribution in [3.05, 3.63) is 83.1 Å². The van der Waals surface area contributed by atoms with Gasteiger partial charge in [-0.3, -0.25) is 9.10 Å². The number of nitrogens with one attached hydrogen (secondary N) is 1. The quantitative estimate of drug-likeness (QED) is 0.417. The van der Waals surface area contributed by atoms with Gasteiger partial charge in [0.15, 0.2) is 0 Å². The molecule has 0 radical (unpaired) electrons. The predicted molar refractivity (Wildman–Crippen MR) is 129 cm³/mol. The molecule has 7 nitrogen and oxygen atoms in total. The van der Waals surface area contributed by atoms with E-state index in [1.165, 1.54) is 43.5 Å². The highest BCUT2D eigenvalue weighted by Gasteiger charge is 2.27. The minimum Gasteiger partial charge on any atom is -0.497 e. The van der Waals surface area contributed by atoms with Crippen molar-refractivity contribution in [1.29, 1.82) is 0 Å². The Morgan fingerprint density at radius 3 is 2.29 bits per heavy atom. The number of sulfonamides is 1. The highest BCUT2D eigenvalue weighted by atomic mass is 35.5. The van der Waals surface area contributed by atoms with Crippen LogP contribution in [0.4, 0.5) is 10.1 Å². The molecule has 0 aromatic heterocycles. The van der Waals surface area contributed by atoms with Crippen LogP contribution in [0.3, 0.4) is 0 Å². The van der Waals surface area contributed by atoms with Gasteiger partial charge in [0.1, 0.15) is 30.5 Å². The molecule has 0 aliphatic rings. The largest absolute Gasteiger partial charge is 0.497 e. The number of nitrogens with zero attached hydrogens (tertiary/aromatic N) is 1. The SMILES string of the molecule is COc1ccc(S(=O)(=O)N(CC(=O)NCCOc2ccc(C)c(Cl)c2)c2ccc(F)cc2)cc1. The number of amides is 1. The lowest BCUT2D eigenvalue weighted by molar-refractivity contribution is -0.119. The smallest absolute Gasteiger partial charge is 0.264 e. The van der Waals surface area contributed by atoms with Crippen molar-refractivity contribution in [3.63, 3.8) is 0 Å². The number of carbonyl (C=O) groups is 1. The number of halogens is 2. The second kappa shape index (κ2) is 11.2. The minimum atomic E-state index is -4.12. The monoisotopic (exact) mass is 506 g/mol. The molecule has 10 heteroatoms. The van der Waals surface area contributed by atoms with Crippen LogP contribution in [0.15, 0.2) is 71.6 Å². The molecule has 3 aromatic carbocycles. The van der Waals surface area contributed by atoms with Crippen LogP contribution in [0.1, 0.15) is 5.56 Å². The molecule has 180 valence electrons. The normalized spacial score (nSPS) is 11.1. The van der Waals surface area contributed by atoms with E-state index in [9.17, 15) is 17.6 Å². The van der Waals surface area contributed by atoms with Gasteiger partial charge in [0, 0.05) is 5.02 Å². The average Bonchev–Trinajstić information content (AvgIpc) is 2.83. The number of ether oxygens (including phenoxy) is 2. The lowest BCUT2D eigenvalue weighted by Gasteiger charge is -2.24. The molecule has 0 bridgehead atoms. The van der Waals surface area contributed by atoms with Gasteiger partial charge in [-0.05, 0) is 73.2 Å². The van der Waals surface area contributed by atoms with Crippen LogP contribution >= 0.6 is 11.6 Å². The van der Waals surface area contributed by atoms with E-state index in [2.05, 4.69) is 5.32 Å². The number of hydrogen-bond acceptors (Lipinski definition) is 5. The third-order valence-electron chi connectivity index (χ3n) is 4.89. The molecule has 0 fully saturated rings. The summed E-state index contributed by atoms with van der Waals surface area (Å²) in [6.07, 6.45) is 0. The van der Waals surface area contributed by atoms with Crippen LogP contribution in [0, 0.1) is 12.7 Å². The maximum Gasteiger partial charge on any atom is 0.264 e. The number of rotatable bonds is 10. The van der Waals surface area contributed by atoms with E-state index < -0.39 is 28.3 Å². The first kappa shape index (κ1) is 25.3. The molecular formula is C24H24ClFN2O5S. The van der Waals surface area contributed by atoms with Crippen LogP contribution in [-0.2, 0) is 14.8 Å². The second-order valence-corrected chi connectivity index (χ2v) is 9.54. The molecular weight excluding hydrogens is 483 g/mol. The van der Waals surface area contributed by atoms with Gasteiger partial charge in [-0.15, -0.1) is 0 Å². The zero-order valence-electron chi connectivity index (χ0n) is 18.6. The molecule has 0 saturated carbocycles. The maximum atomic E-state index is 13.4. The third kappa shape index (κ3) is 6.39. The Balaban J connectivity index is 1.70. The first-order valence-electron chi connectivity index (χ1n) is 10.3. The molecule has 34 heavy (non-hydrogen) atoms. The molecule has 0 unspecified atom stereocenters. The Kier molecular flexibility index (Phi) is 8.36. The number of methoxy groups -OCH3 is 1. The van der Waals surface area contributed by atoms with Gasteiger partial charge in [0.25, 0.3) is 10.0 Å². The first-order valence-corrected chi connectivity index (χ1v) is 12.1. The summed E-state index contributed by atoms with van der Waals surface area (Å²) in [7, 11) is -2.65. The van der Waals surface area contributed by atoms with E-state index in [1.54, 1.807) is 12.1 Å². The molecule has 1 amide bonds. The second-order valence-electron chi connectivity index (χ2n) is 7.27. The lowest BCUT2D eigenvalue weighted by Crippen LogP contribution is -2.41. The highest BCUT2D eigenvalue weighted by molar-refractivity contribution is 7.92. The Morgan fingerprint density at radius 2 is 1.68 bits per heavy atom. The summed E-state index contributed by atoms with van der Waals surface area (Å²) in [5.41, 5.74) is 1.07. The fraction of sp³-hybridized carbons (Fsp3) is 0.208. The summed E-state index contributed by atoms with van der Waals surface area (Å²) in [6, 6.07) is 15.9. The Labute approximate surface area is 203 Å². The Morgan fingerprint density at radius 1 is 1.03 bits per heavy atom. The van der Waals surface area contributed by atoms with Crippen LogP contribution < -0.4 is 19.1 Å². The molecule has 0 spiro atoms. The van der Waals surface area contributed by atoms with Crippen molar-refractivity contribution >= 4 is 33.2 Å². The van der Waals surface area contributed by atoms with Gasteiger partial charge < -0.3 is 14.8 Å². The summed E-state index contributed by atoms with van der Waals surface area (Å²) < 4.78 is 51.6. The van der Waals surface area contributed by atoms with E-state index in [1.807, 2.05) is 13.0 Å². The molecule has 1 N–H and O–H groups in total. The van der Waals surface area contributed by atoms with Crippen molar-refractivity contribution in [2.45, 2.75) is 11.8 Å². The average molecular weight is 507 g/mol. The summed E-state index contributed by atoms with van der Waals surface area (Å²) in [6.45, 7) is 1.67. The molecule has 0 atom stereocenters. The number of carbonyl (C=O) groups excluding carboxylic acids is 1. The highest BCUT2D eigenvalue weighted by Crippen LogP contribution is 2.25. The fourth-order valence-electron chi connectivity index (χ4n) is 3.01. The zero-order valence-corrected chi connectivity index (χ0v) is 20.2. The summed E-state index contributed by atoms with van der Waals surface area (Å²) in [5.74, 6) is -0.0323. The van der Waals surface area contributed by atoms with Crippen LogP contribution in [-0.4, -0.2) is 41.1 Å². The number of anilines is 1. The van der Waals surface area contributed by atoms with Gasteiger partial charge in [0.2, 0.25) is 5.91 Å². The van der Waals surface area contributed by atoms with Crippen LogP contribution in [0.25, 0.3) is 0 Å². The maximum absolute atomic E-state index is 13.4. The molecule has 3 rings (SSSR count). The number of hydrogen-bond donors (Lipinski definition) is 1. The first-order chi connectivity index (χ1) is 16.2. The van der Waals surface area contributed by atoms with Gasteiger partial charge in [-0.25, -0.2) is 12.8 Å². The topological polar surface area (TPSA) is 84.9 Å². The van der Waals surface area contributed by atoms with Crippen molar-refractivity contribution in [1.82, 2.24) is 5.32 Å². The lowest BCUT2D eigenvalue weighted by atomic mass is 10.2. The standard InChI is InChI=1S/C24H24ClFN2O5S/c1-17-3-8-21(15-23(17)25)33-14-13-27-24(29)16-28(19-6-4-18(26)5-7-19)34(30,31)22-11-9-20(32-2)10-12-22/h3-12,15H,13-14,16H2,1-2H3,(H,27,29). The van der Waals surface area contributed by atoms with E-state index in [0.717, 1.165) is 22.0 Å². The number of aryl methyl sites for hydroxylation is 1. The van der Waals surface area contributed by atoms with Crippen molar-refractivity contribution in [3.8, 4) is 11.5 Å². The summed E-state index contributed by atoms with van der Waals surface area (Å²) in [4.78, 5) is 12.6. The number of benzene rings is 3. The van der Waals surface area contributed by atoms with Gasteiger partial charge >= 0.3 is 0 Å². The Bertz CT molecular complexity index is 1240. The van der Waals surface area contributed by atoms with Gasteiger partial charge in [-0.2, -0.15) is 0 Å². The molecule has 3 aromatic rings. The predicted octanol–water partition coefficient (Wildman–Crippen LogP) is 4.19. The van der Waals surface area contributed by atoms with Crippen molar-refractivity contribution in [2.24, 2.45) is 0 Å². The van der Waals surface area contributed by atoms with E-state index in [0.29, 0.717) is 16.5 Å². The van der Waals surface area contributed by atoms with Crippen molar-refractivity contribution < 1.29 is 27.1 Å². The van der Waals surface area contributed by atoms with Gasteiger partial charge in [0.05, 0.1) is 24.2 Å². The third-order valence-corrected chi connectivity index (χ3v) is 7.08. The van der Waals surface area contributed by atoms with Crippen LogP contribution in [0.5, 0.6) is 11.5 Å². The summed E-state index contributed by atoms with van der Waals surface area (Å²) >= 11 is 6.07. The fourth-order valence-corrected chi connectivity index (χ4v) is 4.60. The minimum absolute atomic E-state index is 0.0370. The van der Waals surface area contributed by atoms with E-state index in [-0.39, 0.29) is 23.7 Å². The molecule has 0 aliphatic carbocycles. The zero-order chi connectivity index (χ0) is 24.7.